The van der Waals surface area contributed by atoms with Gasteiger partial charge in [-0.25, -0.2) is 0 Å². The average Bonchev–Trinajstić information content (AvgIpc) is 2.68. The molecule has 0 spiro atoms. The lowest BCUT2D eigenvalue weighted by atomic mass is 10.0. The van der Waals surface area contributed by atoms with E-state index in [9.17, 15) is 0 Å². The number of amidine groups is 1. The molecule has 1 N–H and O–H groups in total. The Kier molecular flexibility index (Phi) is 4.38. The fourth-order valence-electron chi connectivity index (χ4n) is 3.48. The van der Waals surface area contributed by atoms with Gasteiger partial charge in [-0.1, -0.05) is 60.7 Å². The van der Waals surface area contributed by atoms with Crippen molar-refractivity contribution in [2.75, 3.05) is 25.0 Å². The molecule has 1 aliphatic rings. The summed E-state index contributed by atoms with van der Waals surface area (Å²) < 4.78 is 0. The van der Waals surface area contributed by atoms with Crippen LogP contribution in [-0.4, -0.2) is 26.0 Å². The first-order valence-electron chi connectivity index (χ1n) is 8.88. The lowest BCUT2D eigenvalue weighted by Crippen LogP contribution is -2.31. The SMILES string of the molecule is CN(Cc1ccccc1C1=NCCCN1)c1cccc2ccccc12. The molecular weight excluding hydrogens is 306 g/mol. The molecule has 3 heteroatoms. The quantitative estimate of drug-likeness (QED) is 0.776. The van der Waals surface area contributed by atoms with E-state index in [-0.39, 0.29) is 0 Å². The van der Waals surface area contributed by atoms with Crippen LogP contribution in [0, 0.1) is 0 Å². The van der Waals surface area contributed by atoms with Crippen LogP contribution in [0.4, 0.5) is 5.69 Å². The largest absolute Gasteiger partial charge is 0.370 e. The minimum atomic E-state index is 0.852. The van der Waals surface area contributed by atoms with Crippen molar-refractivity contribution in [3.8, 4) is 0 Å². The molecule has 0 atom stereocenters. The van der Waals surface area contributed by atoms with Crippen LogP contribution in [-0.2, 0) is 6.54 Å². The molecule has 1 aliphatic heterocycles. The van der Waals surface area contributed by atoms with Crippen LogP contribution in [0.1, 0.15) is 17.5 Å². The molecule has 0 unspecified atom stereocenters. The van der Waals surface area contributed by atoms with E-state index in [0.29, 0.717) is 0 Å². The van der Waals surface area contributed by atoms with Crippen LogP contribution in [0.15, 0.2) is 71.7 Å². The predicted molar refractivity (Wildman–Crippen MR) is 107 cm³/mol. The van der Waals surface area contributed by atoms with E-state index in [1.807, 2.05) is 0 Å². The number of aliphatic imine (C=N–C) groups is 1. The molecular formula is C22H23N3. The number of fused-ring (bicyclic) bond motifs is 1. The fraction of sp³-hybridized carbons (Fsp3) is 0.227. The smallest absolute Gasteiger partial charge is 0.128 e. The van der Waals surface area contributed by atoms with E-state index in [0.717, 1.165) is 31.9 Å². The fourth-order valence-corrected chi connectivity index (χ4v) is 3.48. The first kappa shape index (κ1) is 15.7. The van der Waals surface area contributed by atoms with Gasteiger partial charge in [0.05, 0.1) is 0 Å². The van der Waals surface area contributed by atoms with Crippen molar-refractivity contribution in [3.05, 3.63) is 77.9 Å². The van der Waals surface area contributed by atoms with Crippen molar-refractivity contribution in [3.63, 3.8) is 0 Å². The van der Waals surface area contributed by atoms with Gasteiger partial charge in [-0.05, 0) is 23.4 Å². The summed E-state index contributed by atoms with van der Waals surface area (Å²) in [5.74, 6) is 1.04. The summed E-state index contributed by atoms with van der Waals surface area (Å²) in [7, 11) is 2.16. The van der Waals surface area contributed by atoms with Crippen LogP contribution >= 0.6 is 0 Å². The Hall–Kier alpha value is -2.81. The Balaban J connectivity index is 1.67. The zero-order valence-corrected chi connectivity index (χ0v) is 14.6. The Bertz CT molecular complexity index is 909. The summed E-state index contributed by atoms with van der Waals surface area (Å²) in [6.07, 6.45) is 1.11. The Morgan fingerprint density at radius 3 is 2.64 bits per heavy atom. The Morgan fingerprint density at radius 1 is 0.960 bits per heavy atom. The summed E-state index contributed by atoms with van der Waals surface area (Å²) in [5.41, 5.74) is 3.77. The molecule has 3 aromatic carbocycles. The maximum Gasteiger partial charge on any atom is 0.128 e. The number of hydrogen-bond acceptors (Lipinski definition) is 3. The zero-order valence-electron chi connectivity index (χ0n) is 14.6. The molecule has 126 valence electrons. The topological polar surface area (TPSA) is 27.6 Å². The number of rotatable bonds is 4. The van der Waals surface area contributed by atoms with Gasteiger partial charge >= 0.3 is 0 Å². The third-order valence-corrected chi connectivity index (χ3v) is 4.76. The highest BCUT2D eigenvalue weighted by atomic mass is 15.1. The molecule has 0 amide bonds. The van der Waals surface area contributed by atoms with Crippen molar-refractivity contribution in [1.82, 2.24) is 5.32 Å². The van der Waals surface area contributed by atoms with Crippen LogP contribution in [0.25, 0.3) is 10.8 Å². The zero-order chi connectivity index (χ0) is 17.1. The number of benzene rings is 3. The van der Waals surface area contributed by atoms with Crippen LogP contribution in [0.2, 0.25) is 0 Å². The summed E-state index contributed by atoms with van der Waals surface area (Å²) in [6, 6.07) is 23.6. The lowest BCUT2D eigenvalue weighted by molar-refractivity contribution is 0.741. The van der Waals surface area contributed by atoms with Gasteiger partial charge in [0, 0.05) is 43.3 Å². The standard InChI is InChI=1S/C22H23N3/c1-25(21-13-6-10-17-8-2-4-11-19(17)21)16-18-9-3-5-12-20(18)22-23-14-7-15-24-22/h2-6,8-13H,7,14-16H2,1H3,(H,23,24). The number of nitrogens with zero attached hydrogens (tertiary/aromatic N) is 2. The van der Waals surface area contributed by atoms with Gasteiger partial charge in [-0.3, -0.25) is 4.99 Å². The minimum Gasteiger partial charge on any atom is -0.370 e. The van der Waals surface area contributed by atoms with E-state index in [4.69, 9.17) is 0 Å². The van der Waals surface area contributed by atoms with E-state index < -0.39 is 0 Å². The number of hydrogen-bond donors (Lipinski definition) is 1. The number of anilines is 1. The van der Waals surface area contributed by atoms with Crippen molar-refractivity contribution in [2.45, 2.75) is 13.0 Å². The molecule has 1 heterocycles. The highest BCUT2D eigenvalue weighted by molar-refractivity contribution is 6.00. The minimum absolute atomic E-state index is 0.852. The van der Waals surface area contributed by atoms with Gasteiger partial charge in [-0.2, -0.15) is 0 Å². The first-order chi connectivity index (χ1) is 12.3. The second kappa shape index (κ2) is 6.98. The first-order valence-corrected chi connectivity index (χ1v) is 8.88. The molecule has 0 saturated heterocycles. The van der Waals surface area contributed by atoms with Crippen LogP contribution < -0.4 is 10.2 Å². The average molecular weight is 329 g/mol. The van der Waals surface area contributed by atoms with Gasteiger partial charge < -0.3 is 10.2 Å². The highest BCUT2D eigenvalue weighted by Gasteiger charge is 2.13. The Labute approximate surface area is 149 Å². The van der Waals surface area contributed by atoms with Crippen LogP contribution in [0.5, 0.6) is 0 Å². The van der Waals surface area contributed by atoms with Crippen LogP contribution in [0.3, 0.4) is 0 Å². The third kappa shape index (κ3) is 3.22. The molecule has 0 fully saturated rings. The molecule has 4 rings (SSSR count). The van der Waals surface area contributed by atoms with Crippen molar-refractivity contribution in [2.24, 2.45) is 4.99 Å². The van der Waals surface area contributed by atoms with E-state index in [2.05, 4.69) is 89.0 Å². The van der Waals surface area contributed by atoms with Crippen molar-refractivity contribution >= 4 is 22.3 Å². The third-order valence-electron chi connectivity index (χ3n) is 4.76. The van der Waals surface area contributed by atoms with E-state index >= 15 is 0 Å². The lowest BCUT2D eigenvalue weighted by Gasteiger charge is -2.24. The molecule has 25 heavy (non-hydrogen) atoms. The van der Waals surface area contributed by atoms with Gasteiger partial charge in [0.15, 0.2) is 0 Å². The normalized spacial score (nSPS) is 14.0. The molecule has 0 bridgehead atoms. The van der Waals surface area contributed by atoms with E-state index in [1.54, 1.807) is 0 Å². The van der Waals surface area contributed by atoms with Gasteiger partial charge in [0.1, 0.15) is 5.84 Å². The second-order valence-corrected chi connectivity index (χ2v) is 6.52. The van der Waals surface area contributed by atoms with Gasteiger partial charge in [-0.15, -0.1) is 0 Å². The Morgan fingerprint density at radius 2 is 1.76 bits per heavy atom. The highest BCUT2D eigenvalue weighted by Crippen LogP contribution is 2.27. The maximum absolute atomic E-state index is 4.68. The summed E-state index contributed by atoms with van der Waals surface area (Å²) >= 11 is 0. The monoisotopic (exact) mass is 329 g/mol. The predicted octanol–water partition coefficient (Wildman–Crippen LogP) is 4.22. The van der Waals surface area contributed by atoms with Gasteiger partial charge in [0.2, 0.25) is 0 Å². The summed E-state index contributed by atoms with van der Waals surface area (Å²) in [5, 5.41) is 6.02. The van der Waals surface area contributed by atoms with Crippen molar-refractivity contribution < 1.29 is 0 Å². The van der Waals surface area contributed by atoms with Crippen molar-refractivity contribution in [1.29, 1.82) is 0 Å². The molecule has 0 saturated carbocycles. The summed E-state index contributed by atoms with van der Waals surface area (Å²) in [4.78, 5) is 7.00. The molecule has 3 aromatic rings. The number of nitrogens with one attached hydrogen (secondary N) is 1. The molecule has 3 nitrogen and oxygen atoms in total. The maximum atomic E-state index is 4.68. The molecule has 0 aliphatic carbocycles. The van der Waals surface area contributed by atoms with E-state index in [1.165, 1.54) is 27.6 Å². The molecule has 0 aromatic heterocycles. The summed E-state index contributed by atoms with van der Waals surface area (Å²) in [6.45, 7) is 2.77. The van der Waals surface area contributed by atoms with Gasteiger partial charge in [0.25, 0.3) is 0 Å². The second-order valence-electron chi connectivity index (χ2n) is 6.52. The molecule has 0 radical (unpaired) electrons.